The van der Waals surface area contributed by atoms with Crippen LogP contribution in [0.4, 0.5) is 5.69 Å². The molecule has 2 N–H and O–H groups in total. The van der Waals surface area contributed by atoms with Crippen molar-refractivity contribution in [3.8, 4) is 18.1 Å². The number of nitrogens with zero attached hydrogens (tertiary/aromatic N) is 1. The molecule has 3 aliphatic heterocycles. The highest BCUT2D eigenvalue weighted by Crippen LogP contribution is 2.58. The smallest absolute Gasteiger partial charge is 0.238 e. The molecule has 0 bridgehead atoms. The zero-order valence-corrected chi connectivity index (χ0v) is 23.6. The Kier molecular flexibility index (Phi) is 7.00. The van der Waals surface area contributed by atoms with Crippen LogP contribution in [0.15, 0.2) is 60.7 Å². The van der Waals surface area contributed by atoms with Crippen molar-refractivity contribution >= 4 is 40.7 Å². The van der Waals surface area contributed by atoms with Crippen molar-refractivity contribution in [2.24, 2.45) is 0 Å². The van der Waals surface area contributed by atoms with E-state index in [1.807, 2.05) is 42.5 Å². The van der Waals surface area contributed by atoms with Crippen molar-refractivity contribution in [2.45, 2.75) is 42.7 Å². The Balaban J connectivity index is 1.57. The number of amides is 2. The van der Waals surface area contributed by atoms with Crippen LogP contribution in [0.2, 0.25) is 10.0 Å². The van der Waals surface area contributed by atoms with Gasteiger partial charge in [0.05, 0.1) is 6.04 Å². The standard InChI is InChI=1S/C32H29Cl2N3O3/c1-3-19-7-10-28(40-23-11-13-37(2)14-12-23)24(15-19)30-32(25-9-8-22(34)17-27(25)35-31(32)39)26(18-29(38)36-30)20-5-4-6-21(33)16-20/h1,4-10,15-17,23,26,30H,11-14,18H2,2H3,(H,35,39)(H,36,38)/t26-,30+,32-/m0/s1. The van der Waals surface area contributed by atoms with E-state index in [4.69, 9.17) is 34.4 Å². The number of anilines is 1. The topological polar surface area (TPSA) is 70.7 Å². The first kappa shape index (κ1) is 26.7. The maximum absolute atomic E-state index is 14.3. The zero-order chi connectivity index (χ0) is 28.0. The van der Waals surface area contributed by atoms with Crippen molar-refractivity contribution in [1.29, 1.82) is 0 Å². The number of piperidine rings is 2. The molecule has 3 aromatic carbocycles. The van der Waals surface area contributed by atoms with Gasteiger partial charge in [0.15, 0.2) is 0 Å². The fraction of sp³-hybridized carbons (Fsp3) is 0.312. The van der Waals surface area contributed by atoms with Crippen LogP contribution in [0.1, 0.15) is 53.5 Å². The predicted molar refractivity (Wildman–Crippen MR) is 157 cm³/mol. The van der Waals surface area contributed by atoms with Gasteiger partial charge in [-0.2, -0.15) is 0 Å². The van der Waals surface area contributed by atoms with Crippen LogP contribution in [-0.2, 0) is 15.0 Å². The van der Waals surface area contributed by atoms with E-state index in [1.165, 1.54) is 0 Å². The molecule has 3 aromatic rings. The third-order valence-corrected chi connectivity index (χ3v) is 8.92. The van der Waals surface area contributed by atoms with Gasteiger partial charge in [0.25, 0.3) is 0 Å². The van der Waals surface area contributed by atoms with Crippen molar-refractivity contribution in [1.82, 2.24) is 10.2 Å². The van der Waals surface area contributed by atoms with Gasteiger partial charge in [-0.05, 0) is 73.5 Å². The summed E-state index contributed by atoms with van der Waals surface area (Å²) in [7, 11) is 2.10. The van der Waals surface area contributed by atoms with E-state index in [9.17, 15) is 9.59 Å². The number of rotatable bonds is 4. The first-order chi connectivity index (χ1) is 19.3. The van der Waals surface area contributed by atoms with Gasteiger partial charge in [-0.1, -0.05) is 47.3 Å². The SMILES string of the molecule is C#Cc1ccc(OC2CCN(C)CC2)c([C@H]2NC(=O)C[C@@H](c3cccc(Cl)c3)[C@]23C(=O)Nc2cc(Cl)ccc23)c1. The lowest BCUT2D eigenvalue weighted by atomic mass is 9.59. The summed E-state index contributed by atoms with van der Waals surface area (Å²) in [4.78, 5) is 30.1. The number of carbonyl (C=O) groups is 2. The van der Waals surface area contributed by atoms with Crippen molar-refractivity contribution in [3.05, 3.63) is 93.0 Å². The average molecular weight is 575 g/mol. The Morgan fingerprint density at radius 2 is 1.80 bits per heavy atom. The Morgan fingerprint density at radius 1 is 1.02 bits per heavy atom. The van der Waals surface area contributed by atoms with E-state index in [2.05, 4.69) is 28.5 Å². The lowest BCUT2D eigenvalue weighted by Gasteiger charge is -2.47. The second-order valence-electron chi connectivity index (χ2n) is 10.8. The van der Waals surface area contributed by atoms with E-state index >= 15 is 0 Å². The molecular formula is C32H29Cl2N3O3. The number of terminal acetylenes is 1. The van der Waals surface area contributed by atoms with Crippen LogP contribution in [-0.4, -0.2) is 43.0 Å². The van der Waals surface area contributed by atoms with Gasteiger partial charge in [0.2, 0.25) is 11.8 Å². The van der Waals surface area contributed by atoms with Crippen molar-refractivity contribution in [3.63, 3.8) is 0 Å². The Labute approximate surface area is 244 Å². The molecule has 2 saturated heterocycles. The van der Waals surface area contributed by atoms with Crippen molar-refractivity contribution in [2.75, 3.05) is 25.5 Å². The number of hydrogen-bond donors (Lipinski definition) is 2. The highest BCUT2D eigenvalue weighted by Gasteiger charge is 2.61. The van der Waals surface area contributed by atoms with Crippen LogP contribution in [0, 0.1) is 12.3 Å². The van der Waals surface area contributed by atoms with E-state index < -0.39 is 17.4 Å². The largest absolute Gasteiger partial charge is 0.490 e. The molecule has 2 amide bonds. The van der Waals surface area contributed by atoms with Gasteiger partial charge in [-0.15, -0.1) is 6.42 Å². The fourth-order valence-corrected chi connectivity index (χ4v) is 6.89. The fourth-order valence-electron chi connectivity index (χ4n) is 6.52. The molecule has 8 heteroatoms. The average Bonchev–Trinajstić information content (AvgIpc) is 3.22. The number of likely N-dealkylation sites (tertiary alicyclic amines) is 1. The number of halogens is 2. The number of benzene rings is 3. The molecule has 0 radical (unpaired) electrons. The molecule has 0 aliphatic carbocycles. The maximum Gasteiger partial charge on any atom is 0.238 e. The van der Waals surface area contributed by atoms with E-state index in [0.717, 1.165) is 37.1 Å². The van der Waals surface area contributed by atoms with Crippen LogP contribution in [0.25, 0.3) is 0 Å². The molecule has 0 aromatic heterocycles. The second-order valence-corrected chi connectivity index (χ2v) is 11.7. The lowest BCUT2D eigenvalue weighted by molar-refractivity contribution is -0.131. The highest BCUT2D eigenvalue weighted by molar-refractivity contribution is 6.31. The summed E-state index contributed by atoms with van der Waals surface area (Å²) in [6.07, 6.45) is 7.70. The summed E-state index contributed by atoms with van der Waals surface area (Å²) in [6.45, 7) is 1.86. The molecule has 40 heavy (non-hydrogen) atoms. The Bertz CT molecular complexity index is 1540. The minimum Gasteiger partial charge on any atom is -0.490 e. The van der Waals surface area contributed by atoms with E-state index in [-0.39, 0.29) is 24.3 Å². The van der Waals surface area contributed by atoms with Crippen LogP contribution in [0.5, 0.6) is 5.75 Å². The van der Waals surface area contributed by atoms with Crippen LogP contribution in [0.3, 0.4) is 0 Å². The Hall–Kier alpha value is -3.50. The summed E-state index contributed by atoms with van der Waals surface area (Å²) in [5.74, 6) is 2.41. The molecule has 0 unspecified atom stereocenters. The molecule has 3 heterocycles. The minimum absolute atomic E-state index is 0.00843. The molecule has 3 aliphatic rings. The molecular weight excluding hydrogens is 545 g/mol. The van der Waals surface area contributed by atoms with Crippen LogP contribution < -0.4 is 15.4 Å². The van der Waals surface area contributed by atoms with E-state index in [1.54, 1.807) is 18.2 Å². The molecule has 2 fully saturated rings. The van der Waals surface area contributed by atoms with Crippen molar-refractivity contribution < 1.29 is 14.3 Å². The highest BCUT2D eigenvalue weighted by atomic mass is 35.5. The summed E-state index contributed by atoms with van der Waals surface area (Å²) >= 11 is 12.8. The third kappa shape index (κ3) is 4.53. The summed E-state index contributed by atoms with van der Waals surface area (Å²) in [6, 6.07) is 17.6. The second kappa shape index (κ2) is 10.5. The summed E-state index contributed by atoms with van der Waals surface area (Å²) < 4.78 is 6.61. The number of hydrogen-bond acceptors (Lipinski definition) is 4. The molecule has 1 spiro atoms. The lowest BCUT2D eigenvalue weighted by Crippen LogP contribution is -2.57. The van der Waals surface area contributed by atoms with Gasteiger partial charge in [-0.3, -0.25) is 9.59 Å². The first-order valence-corrected chi connectivity index (χ1v) is 14.2. The Morgan fingerprint density at radius 3 is 2.55 bits per heavy atom. The van der Waals surface area contributed by atoms with Gasteiger partial charge in [-0.25, -0.2) is 0 Å². The molecule has 6 rings (SSSR count). The van der Waals surface area contributed by atoms with E-state index in [0.29, 0.717) is 32.6 Å². The number of fused-ring (bicyclic) bond motifs is 2. The number of ether oxygens (including phenoxy) is 1. The van der Waals surface area contributed by atoms with Gasteiger partial charge in [0, 0.05) is 52.3 Å². The van der Waals surface area contributed by atoms with Gasteiger partial charge < -0.3 is 20.3 Å². The summed E-state index contributed by atoms with van der Waals surface area (Å²) in [5.41, 5.74) is 2.28. The molecule has 6 nitrogen and oxygen atoms in total. The van der Waals surface area contributed by atoms with Gasteiger partial charge >= 0.3 is 0 Å². The maximum atomic E-state index is 14.3. The summed E-state index contributed by atoms with van der Waals surface area (Å²) in [5, 5.41) is 7.29. The molecule has 3 atom stereocenters. The van der Waals surface area contributed by atoms with Crippen LogP contribution >= 0.6 is 23.2 Å². The normalized spacial score (nSPS) is 24.8. The first-order valence-electron chi connectivity index (χ1n) is 13.4. The predicted octanol–water partition coefficient (Wildman–Crippen LogP) is 5.68. The molecule has 0 saturated carbocycles. The number of nitrogens with one attached hydrogen (secondary N) is 2. The number of carbonyl (C=O) groups excluding carboxylic acids is 2. The third-order valence-electron chi connectivity index (χ3n) is 8.45. The minimum atomic E-state index is -1.21. The quantitative estimate of drug-likeness (QED) is 0.394. The molecule has 204 valence electrons. The van der Waals surface area contributed by atoms with Gasteiger partial charge in [0.1, 0.15) is 17.3 Å². The zero-order valence-electron chi connectivity index (χ0n) is 22.0. The monoisotopic (exact) mass is 573 g/mol.